The van der Waals surface area contributed by atoms with Crippen molar-refractivity contribution < 1.29 is 24.2 Å². The van der Waals surface area contributed by atoms with E-state index >= 15 is 0 Å². The number of hydrogen-bond donors (Lipinski definition) is 3. The van der Waals surface area contributed by atoms with Crippen LogP contribution in [0.3, 0.4) is 0 Å². The van der Waals surface area contributed by atoms with E-state index < -0.39 is 24.1 Å². The van der Waals surface area contributed by atoms with Gasteiger partial charge in [-0.05, 0) is 47.4 Å². The van der Waals surface area contributed by atoms with Crippen LogP contribution in [0.25, 0.3) is 11.1 Å². The zero-order valence-electron chi connectivity index (χ0n) is 18.0. The van der Waals surface area contributed by atoms with E-state index in [9.17, 15) is 19.5 Å². The van der Waals surface area contributed by atoms with Gasteiger partial charge in [0.2, 0.25) is 5.91 Å². The number of fused-ring (bicyclic) bond motifs is 3. The standard InChI is InChI=1S/C25H28N2O5/c1-2-16(13-22(28)27-23(24(29)30)15-11-12-15)26-25(31)32-14-21-19-9-5-3-7-17(19)18-8-4-6-10-20(18)21/h3-10,15-16,21,23H,2,11-14H2,1H3,(H,26,31)(H,27,28)(H,29,30)/t16-,23?/m0/s1. The minimum atomic E-state index is -1.02. The normalized spacial score (nSPS) is 16.4. The zero-order valence-corrected chi connectivity index (χ0v) is 18.0. The number of rotatable bonds is 9. The lowest BCUT2D eigenvalue weighted by molar-refractivity contribution is -0.142. The van der Waals surface area contributed by atoms with Crippen molar-refractivity contribution in [1.29, 1.82) is 0 Å². The first kappa shape index (κ1) is 21.9. The number of hydrogen-bond acceptors (Lipinski definition) is 4. The predicted molar refractivity (Wildman–Crippen MR) is 119 cm³/mol. The van der Waals surface area contributed by atoms with Gasteiger partial charge < -0.3 is 20.5 Å². The zero-order chi connectivity index (χ0) is 22.7. The van der Waals surface area contributed by atoms with Crippen LogP contribution in [0.1, 0.15) is 49.7 Å². The summed E-state index contributed by atoms with van der Waals surface area (Å²) in [5.74, 6) is -1.42. The molecule has 7 heteroatoms. The van der Waals surface area contributed by atoms with E-state index in [1.807, 2.05) is 31.2 Å². The average molecular weight is 437 g/mol. The first-order valence-corrected chi connectivity index (χ1v) is 11.1. The number of nitrogens with one attached hydrogen (secondary N) is 2. The van der Waals surface area contributed by atoms with Crippen LogP contribution >= 0.6 is 0 Å². The van der Waals surface area contributed by atoms with Crippen molar-refractivity contribution in [2.45, 2.75) is 50.6 Å². The molecule has 1 unspecified atom stereocenters. The van der Waals surface area contributed by atoms with E-state index in [0.29, 0.717) is 6.42 Å². The summed E-state index contributed by atoms with van der Waals surface area (Å²) in [7, 11) is 0. The molecule has 0 aromatic heterocycles. The van der Waals surface area contributed by atoms with E-state index in [4.69, 9.17) is 4.74 Å². The second kappa shape index (κ2) is 9.42. The molecule has 1 saturated carbocycles. The molecule has 2 aromatic carbocycles. The Labute approximate surface area is 187 Å². The fourth-order valence-electron chi connectivity index (χ4n) is 4.37. The maximum Gasteiger partial charge on any atom is 0.407 e. The van der Waals surface area contributed by atoms with Crippen LogP contribution in [0.4, 0.5) is 4.79 Å². The highest BCUT2D eigenvalue weighted by molar-refractivity contribution is 5.84. The molecule has 2 aliphatic rings. The van der Waals surface area contributed by atoms with Gasteiger partial charge in [-0.1, -0.05) is 55.5 Å². The van der Waals surface area contributed by atoms with Crippen LogP contribution in [-0.2, 0) is 14.3 Å². The van der Waals surface area contributed by atoms with Crippen molar-refractivity contribution in [2.24, 2.45) is 5.92 Å². The van der Waals surface area contributed by atoms with Crippen LogP contribution in [0.5, 0.6) is 0 Å². The lowest BCUT2D eigenvalue weighted by atomic mass is 9.98. The van der Waals surface area contributed by atoms with Gasteiger partial charge in [-0.2, -0.15) is 0 Å². The van der Waals surface area contributed by atoms with Crippen molar-refractivity contribution in [1.82, 2.24) is 10.6 Å². The third kappa shape index (κ3) is 4.77. The van der Waals surface area contributed by atoms with Gasteiger partial charge in [0.1, 0.15) is 12.6 Å². The lowest BCUT2D eigenvalue weighted by Crippen LogP contribution is -2.45. The molecule has 0 bridgehead atoms. The van der Waals surface area contributed by atoms with Gasteiger partial charge in [0, 0.05) is 18.4 Å². The first-order valence-electron chi connectivity index (χ1n) is 11.1. The smallest absolute Gasteiger partial charge is 0.407 e. The minimum absolute atomic E-state index is 0.00613. The number of carboxylic acid groups (broad SMARTS) is 1. The summed E-state index contributed by atoms with van der Waals surface area (Å²) in [6.45, 7) is 2.06. The highest BCUT2D eigenvalue weighted by atomic mass is 16.5. The van der Waals surface area contributed by atoms with E-state index in [2.05, 4.69) is 34.9 Å². The monoisotopic (exact) mass is 436 g/mol. The molecular weight excluding hydrogens is 408 g/mol. The van der Waals surface area contributed by atoms with Gasteiger partial charge in [0.05, 0.1) is 0 Å². The molecule has 32 heavy (non-hydrogen) atoms. The summed E-state index contributed by atoms with van der Waals surface area (Å²) in [5.41, 5.74) is 4.58. The van der Waals surface area contributed by atoms with Gasteiger partial charge in [-0.3, -0.25) is 4.79 Å². The van der Waals surface area contributed by atoms with Gasteiger partial charge in [-0.15, -0.1) is 0 Å². The first-order chi connectivity index (χ1) is 15.5. The van der Waals surface area contributed by atoms with Crippen molar-refractivity contribution in [3.05, 3.63) is 59.7 Å². The summed E-state index contributed by atoms with van der Waals surface area (Å²) < 4.78 is 5.55. The third-order valence-electron chi connectivity index (χ3n) is 6.27. The Balaban J connectivity index is 1.32. The molecule has 0 radical (unpaired) electrons. The molecule has 2 aromatic rings. The molecule has 168 valence electrons. The molecule has 4 rings (SSSR count). The van der Waals surface area contributed by atoms with Gasteiger partial charge >= 0.3 is 12.1 Å². The minimum Gasteiger partial charge on any atom is -0.480 e. The molecule has 7 nitrogen and oxygen atoms in total. The quantitative estimate of drug-likeness (QED) is 0.556. The SMILES string of the molecule is CC[C@@H](CC(=O)NC(C(=O)O)C1CC1)NC(=O)OCC1c2ccccc2-c2ccccc21. The molecule has 2 atom stereocenters. The van der Waals surface area contributed by atoms with E-state index in [1.165, 1.54) is 0 Å². The van der Waals surface area contributed by atoms with E-state index in [0.717, 1.165) is 35.1 Å². The maximum atomic E-state index is 12.5. The Bertz CT molecular complexity index is 971. The summed E-state index contributed by atoms with van der Waals surface area (Å²) in [5, 5.41) is 14.6. The molecule has 1 fully saturated rings. The molecule has 0 heterocycles. The number of benzene rings is 2. The molecule has 2 amide bonds. The fraction of sp³-hybridized carbons (Fsp3) is 0.400. The van der Waals surface area contributed by atoms with Crippen LogP contribution < -0.4 is 10.6 Å². The molecule has 0 aliphatic heterocycles. The highest BCUT2D eigenvalue weighted by Crippen LogP contribution is 2.44. The summed E-state index contributed by atoms with van der Waals surface area (Å²) >= 11 is 0. The number of carbonyl (C=O) groups excluding carboxylic acids is 2. The van der Waals surface area contributed by atoms with E-state index in [1.54, 1.807) is 0 Å². The average Bonchev–Trinajstić information content (AvgIpc) is 3.58. The number of ether oxygens (including phenoxy) is 1. The van der Waals surface area contributed by atoms with Crippen LogP contribution in [-0.4, -0.2) is 41.8 Å². The Morgan fingerprint density at radius 2 is 1.59 bits per heavy atom. The van der Waals surface area contributed by atoms with Crippen LogP contribution in [0.2, 0.25) is 0 Å². The van der Waals surface area contributed by atoms with Crippen LogP contribution in [0.15, 0.2) is 48.5 Å². The van der Waals surface area contributed by atoms with Gasteiger partial charge in [0.25, 0.3) is 0 Å². The highest BCUT2D eigenvalue weighted by Gasteiger charge is 2.37. The van der Waals surface area contributed by atoms with Gasteiger partial charge in [-0.25, -0.2) is 9.59 Å². The Kier molecular flexibility index (Phi) is 6.44. The lowest BCUT2D eigenvalue weighted by Gasteiger charge is -2.20. The number of alkyl carbamates (subject to hydrolysis) is 1. The summed E-state index contributed by atoms with van der Waals surface area (Å²) in [4.78, 5) is 36.1. The predicted octanol–water partition coefficient (Wildman–Crippen LogP) is 3.67. The van der Waals surface area contributed by atoms with Crippen molar-refractivity contribution >= 4 is 18.0 Å². The Morgan fingerprint density at radius 1 is 1.00 bits per heavy atom. The number of carbonyl (C=O) groups is 3. The number of aliphatic carboxylic acids is 1. The largest absolute Gasteiger partial charge is 0.480 e. The second-order valence-corrected chi connectivity index (χ2v) is 8.50. The molecule has 3 N–H and O–H groups in total. The molecular formula is C25H28N2O5. The topological polar surface area (TPSA) is 105 Å². The Morgan fingerprint density at radius 3 is 2.12 bits per heavy atom. The van der Waals surface area contributed by atoms with Crippen molar-refractivity contribution in [3.63, 3.8) is 0 Å². The summed E-state index contributed by atoms with van der Waals surface area (Å²) in [6, 6.07) is 14.9. The van der Waals surface area contributed by atoms with Crippen molar-refractivity contribution in [2.75, 3.05) is 6.61 Å². The Hall–Kier alpha value is -3.35. The fourth-order valence-corrected chi connectivity index (χ4v) is 4.37. The maximum absolute atomic E-state index is 12.5. The third-order valence-corrected chi connectivity index (χ3v) is 6.27. The second-order valence-electron chi connectivity index (χ2n) is 8.50. The molecule has 0 spiro atoms. The number of carboxylic acids is 1. The number of amides is 2. The van der Waals surface area contributed by atoms with Crippen LogP contribution in [0, 0.1) is 5.92 Å². The van der Waals surface area contributed by atoms with Crippen molar-refractivity contribution in [3.8, 4) is 11.1 Å². The molecule has 0 saturated heterocycles. The summed E-state index contributed by atoms with van der Waals surface area (Å²) in [6.07, 6.45) is 1.58. The van der Waals surface area contributed by atoms with Gasteiger partial charge in [0.15, 0.2) is 0 Å². The molecule has 2 aliphatic carbocycles. The van der Waals surface area contributed by atoms with E-state index in [-0.39, 0.29) is 30.8 Å².